The number of ether oxygens (including phenoxy) is 1. The van der Waals surface area contributed by atoms with Crippen LogP contribution in [0.3, 0.4) is 0 Å². The number of phenols is 1. The van der Waals surface area contributed by atoms with Crippen molar-refractivity contribution in [3.63, 3.8) is 0 Å². The van der Waals surface area contributed by atoms with Gasteiger partial charge in [-0.15, -0.1) is 0 Å². The van der Waals surface area contributed by atoms with E-state index in [9.17, 15) is 9.90 Å². The second-order valence-electron chi connectivity index (χ2n) is 9.66. The van der Waals surface area contributed by atoms with Gasteiger partial charge in [-0.05, 0) is 66.8 Å². The lowest BCUT2D eigenvalue weighted by molar-refractivity contribution is 0.0951. The van der Waals surface area contributed by atoms with Gasteiger partial charge in [-0.3, -0.25) is 9.69 Å². The van der Waals surface area contributed by atoms with Crippen molar-refractivity contribution >= 4 is 16.9 Å². The molecule has 2 atom stereocenters. The number of aromatic hydroxyl groups is 1. The van der Waals surface area contributed by atoms with Crippen LogP contribution in [-0.2, 0) is 0 Å². The van der Waals surface area contributed by atoms with Crippen LogP contribution in [0.4, 0.5) is 0 Å². The van der Waals surface area contributed by atoms with E-state index in [2.05, 4.69) is 37.3 Å². The zero-order chi connectivity index (χ0) is 25.4. The number of likely N-dealkylation sites (tertiary alicyclic amines) is 1. The van der Waals surface area contributed by atoms with Crippen LogP contribution in [0.25, 0.3) is 33.5 Å². The van der Waals surface area contributed by atoms with E-state index < -0.39 is 0 Å². The number of carbonyl (C=O) groups is 1. The highest BCUT2D eigenvalue weighted by Gasteiger charge is 2.32. The number of aromatic amines is 1. The van der Waals surface area contributed by atoms with Crippen LogP contribution < -0.4 is 10.1 Å². The van der Waals surface area contributed by atoms with Gasteiger partial charge in [0, 0.05) is 43.0 Å². The van der Waals surface area contributed by atoms with Gasteiger partial charge in [0.15, 0.2) is 0 Å². The maximum Gasteiger partial charge on any atom is 0.251 e. The summed E-state index contributed by atoms with van der Waals surface area (Å²) in [5.74, 6) is 1.74. The summed E-state index contributed by atoms with van der Waals surface area (Å²) >= 11 is 0. The highest BCUT2D eigenvalue weighted by molar-refractivity contribution is 5.97. The molecule has 6 rings (SSSR count). The third-order valence-corrected chi connectivity index (χ3v) is 7.27. The van der Waals surface area contributed by atoms with Crippen molar-refractivity contribution < 1.29 is 14.6 Å². The Hall–Kier alpha value is -4.17. The van der Waals surface area contributed by atoms with E-state index in [1.165, 1.54) is 6.42 Å². The Kier molecular flexibility index (Phi) is 6.10. The molecular weight excluding hydrogens is 466 g/mol. The van der Waals surface area contributed by atoms with Crippen LogP contribution in [0.1, 0.15) is 23.2 Å². The molecule has 3 N–H and O–H groups in total. The highest BCUT2D eigenvalue weighted by atomic mass is 16.5. The van der Waals surface area contributed by atoms with E-state index in [0.717, 1.165) is 36.2 Å². The van der Waals surface area contributed by atoms with Crippen LogP contribution in [0, 0.1) is 5.92 Å². The normalized spacial score (nSPS) is 18.5. The third kappa shape index (κ3) is 4.56. The smallest absolute Gasteiger partial charge is 0.251 e. The second-order valence-corrected chi connectivity index (χ2v) is 9.66. The van der Waals surface area contributed by atoms with Crippen LogP contribution >= 0.6 is 0 Å². The monoisotopic (exact) mass is 495 g/mol. The van der Waals surface area contributed by atoms with E-state index in [-0.39, 0.29) is 11.7 Å². The van der Waals surface area contributed by atoms with Gasteiger partial charge >= 0.3 is 0 Å². The summed E-state index contributed by atoms with van der Waals surface area (Å²) in [6.07, 6.45) is 8.49. The van der Waals surface area contributed by atoms with Crippen LogP contribution in [-0.4, -0.2) is 63.7 Å². The van der Waals surface area contributed by atoms with Crippen LogP contribution in [0.15, 0.2) is 66.9 Å². The number of hydrogen-bond acceptors (Lipinski definition) is 6. The van der Waals surface area contributed by atoms with Crippen molar-refractivity contribution in [2.75, 3.05) is 26.7 Å². The summed E-state index contributed by atoms with van der Waals surface area (Å²) < 4.78 is 5.39. The Morgan fingerprint density at radius 3 is 2.92 bits per heavy atom. The molecular formula is C29H29N5O3. The molecule has 1 saturated heterocycles. The summed E-state index contributed by atoms with van der Waals surface area (Å²) in [7, 11) is 1.58. The quantitative estimate of drug-likeness (QED) is 0.248. The fourth-order valence-corrected chi connectivity index (χ4v) is 5.38. The molecule has 8 heteroatoms. The molecule has 2 aromatic heterocycles. The second kappa shape index (κ2) is 9.71. The first-order chi connectivity index (χ1) is 18.1. The standard InChI is InChI=1S/C29H29N5O3/c1-37-29-22(4-2-11-31-29)19-7-10-26(35)23(15-19)27-32-24-9-6-20(16-25(24)33-27)28(36)30-12-3-13-34-17-18-5-8-21(34)14-18/h2,4-11,15-16,18,21,35H,3,12-14,17H2,1H3,(H,30,36)(H,32,33). The van der Waals surface area contributed by atoms with Crippen molar-refractivity contribution in [2.24, 2.45) is 5.92 Å². The number of aromatic nitrogens is 3. The number of pyridine rings is 1. The van der Waals surface area contributed by atoms with Gasteiger partial charge in [-0.1, -0.05) is 18.2 Å². The molecule has 2 bridgehead atoms. The highest BCUT2D eigenvalue weighted by Crippen LogP contribution is 2.36. The molecule has 1 fully saturated rings. The van der Waals surface area contributed by atoms with E-state index in [4.69, 9.17) is 4.74 Å². The average molecular weight is 496 g/mol. The molecule has 0 spiro atoms. The molecule has 0 radical (unpaired) electrons. The molecule has 0 saturated carbocycles. The minimum Gasteiger partial charge on any atom is -0.507 e. The summed E-state index contributed by atoms with van der Waals surface area (Å²) in [4.78, 5) is 27.5. The molecule has 2 aliphatic rings. The Morgan fingerprint density at radius 1 is 1.19 bits per heavy atom. The number of rotatable bonds is 8. The van der Waals surface area contributed by atoms with E-state index in [1.54, 1.807) is 31.5 Å². The minimum atomic E-state index is -0.102. The number of fused-ring (bicyclic) bond motifs is 3. The molecule has 4 aromatic rings. The van der Waals surface area contributed by atoms with Gasteiger partial charge in [0.05, 0.1) is 23.7 Å². The molecule has 188 valence electrons. The largest absolute Gasteiger partial charge is 0.507 e. The minimum absolute atomic E-state index is 0.102. The molecule has 1 aliphatic heterocycles. The Morgan fingerprint density at radius 2 is 2.11 bits per heavy atom. The van der Waals surface area contributed by atoms with E-state index in [0.29, 0.717) is 46.9 Å². The maximum atomic E-state index is 12.8. The van der Waals surface area contributed by atoms with Crippen molar-refractivity contribution in [1.82, 2.24) is 25.2 Å². The number of nitrogens with zero attached hydrogens (tertiary/aromatic N) is 3. The van der Waals surface area contributed by atoms with Gasteiger partial charge in [-0.25, -0.2) is 9.97 Å². The number of phenolic OH excluding ortho intramolecular Hbond substituents is 1. The fraction of sp³-hybridized carbons (Fsp3) is 0.276. The molecule has 1 aliphatic carbocycles. The number of benzene rings is 2. The predicted octanol–water partition coefficient (Wildman–Crippen LogP) is 4.39. The number of methoxy groups -OCH3 is 1. The number of amides is 1. The lowest BCUT2D eigenvalue weighted by atomic mass is 10.0. The van der Waals surface area contributed by atoms with Gasteiger partial charge in [0.25, 0.3) is 5.91 Å². The molecule has 37 heavy (non-hydrogen) atoms. The maximum absolute atomic E-state index is 12.8. The Balaban J connectivity index is 1.16. The lowest BCUT2D eigenvalue weighted by Crippen LogP contribution is -2.33. The molecule has 1 amide bonds. The first-order valence-electron chi connectivity index (χ1n) is 12.6. The zero-order valence-corrected chi connectivity index (χ0v) is 20.6. The summed E-state index contributed by atoms with van der Waals surface area (Å²) in [6, 6.07) is 15.0. The Labute approximate surface area is 215 Å². The summed E-state index contributed by atoms with van der Waals surface area (Å²) in [5, 5.41) is 13.6. The van der Waals surface area contributed by atoms with E-state index in [1.807, 2.05) is 30.3 Å². The molecule has 2 aromatic carbocycles. The Bertz CT molecular complexity index is 1490. The SMILES string of the molecule is COc1ncccc1-c1ccc(O)c(-c2nc3ccc(C(=O)NCCCN4CC5C=CC4C5)cc3[nH]2)c1. The zero-order valence-electron chi connectivity index (χ0n) is 20.6. The van der Waals surface area contributed by atoms with Crippen molar-refractivity contribution in [3.8, 4) is 34.1 Å². The third-order valence-electron chi connectivity index (χ3n) is 7.27. The summed E-state index contributed by atoms with van der Waals surface area (Å²) in [5.41, 5.74) is 4.23. The topological polar surface area (TPSA) is 103 Å². The number of carbonyl (C=O) groups excluding carboxylic acids is 1. The lowest BCUT2D eigenvalue weighted by Gasteiger charge is -2.23. The van der Waals surface area contributed by atoms with Crippen molar-refractivity contribution in [3.05, 3.63) is 72.4 Å². The number of imidazole rings is 1. The average Bonchev–Trinajstić information content (AvgIpc) is 3.66. The van der Waals surface area contributed by atoms with Gasteiger partial charge in [0.1, 0.15) is 11.6 Å². The number of H-pyrrole nitrogens is 1. The van der Waals surface area contributed by atoms with Crippen LogP contribution in [0.2, 0.25) is 0 Å². The van der Waals surface area contributed by atoms with Gasteiger partial charge in [-0.2, -0.15) is 0 Å². The summed E-state index contributed by atoms with van der Waals surface area (Å²) in [6.45, 7) is 2.78. The van der Waals surface area contributed by atoms with E-state index >= 15 is 0 Å². The molecule has 2 unspecified atom stereocenters. The van der Waals surface area contributed by atoms with Crippen molar-refractivity contribution in [1.29, 1.82) is 0 Å². The number of nitrogens with one attached hydrogen (secondary N) is 2. The fourth-order valence-electron chi connectivity index (χ4n) is 5.38. The molecule has 8 nitrogen and oxygen atoms in total. The molecule has 3 heterocycles. The van der Waals surface area contributed by atoms with Gasteiger partial charge in [0.2, 0.25) is 5.88 Å². The number of hydrogen-bond donors (Lipinski definition) is 3. The van der Waals surface area contributed by atoms with Crippen LogP contribution in [0.5, 0.6) is 11.6 Å². The first kappa shape index (κ1) is 23.2. The van der Waals surface area contributed by atoms with Gasteiger partial charge < -0.3 is 20.1 Å². The van der Waals surface area contributed by atoms with Crippen molar-refractivity contribution in [2.45, 2.75) is 18.9 Å². The first-order valence-corrected chi connectivity index (χ1v) is 12.6. The predicted molar refractivity (Wildman–Crippen MR) is 143 cm³/mol.